The van der Waals surface area contributed by atoms with E-state index in [0.29, 0.717) is 12.1 Å². The number of hydrogen-bond acceptors (Lipinski definition) is 6. The zero-order valence-electron chi connectivity index (χ0n) is 19.9. The summed E-state index contributed by atoms with van der Waals surface area (Å²) in [5, 5.41) is 14.4. The summed E-state index contributed by atoms with van der Waals surface area (Å²) >= 11 is 1.85. The van der Waals surface area contributed by atoms with E-state index in [1.54, 1.807) is 4.80 Å². The number of hydrogen-bond donors (Lipinski definition) is 0. The Bertz CT molecular complexity index is 1570. The summed E-state index contributed by atoms with van der Waals surface area (Å²) in [5.74, 6) is 0.761. The molecule has 4 aromatic carbocycles. The number of thioether (sulfide) groups is 1. The molecule has 37 heavy (non-hydrogen) atoms. The van der Waals surface area contributed by atoms with E-state index < -0.39 is 5.72 Å². The van der Waals surface area contributed by atoms with E-state index in [2.05, 4.69) is 76.7 Å². The second-order valence-electron chi connectivity index (χ2n) is 9.04. The molecule has 7 heteroatoms. The lowest BCUT2D eigenvalue weighted by Gasteiger charge is -2.35. The highest BCUT2D eigenvalue weighted by Crippen LogP contribution is 2.55. The van der Waals surface area contributed by atoms with Crippen molar-refractivity contribution >= 4 is 23.3 Å². The maximum atomic E-state index is 6.52. The summed E-state index contributed by atoms with van der Waals surface area (Å²) in [4.78, 5) is 11.6. The van der Waals surface area contributed by atoms with Gasteiger partial charge in [-0.05, 0) is 29.8 Å². The average Bonchev–Trinajstić information content (AvgIpc) is 3.58. The van der Waals surface area contributed by atoms with Crippen molar-refractivity contribution in [2.24, 2.45) is 5.16 Å². The first-order chi connectivity index (χ1) is 18.3. The van der Waals surface area contributed by atoms with E-state index in [4.69, 9.17) is 15.1 Å². The topological polar surface area (TPSA) is 55.5 Å². The first-order valence-electron chi connectivity index (χ1n) is 12.2. The number of anilines is 1. The molecule has 2 aliphatic heterocycles. The Hall–Kier alpha value is -4.36. The Kier molecular flexibility index (Phi) is 5.29. The molecule has 2 unspecified atom stereocenters. The summed E-state index contributed by atoms with van der Waals surface area (Å²) in [6.07, 6.45) is 2.44. The van der Waals surface area contributed by atoms with Crippen molar-refractivity contribution in [3.8, 4) is 5.69 Å². The van der Waals surface area contributed by atoms with E-state index in [1.807, 2.05) is 66.5 Å². The molecular formula is C30H23N5OS. The fourth-order valence-corrected chi connectivity index (χ4v) is 6.36. The van der Waals surface area contributed by atoms with Gasteiger partial charge < -0.3 is 4.84 Å². The molecule has 0 saturated heterocycles. The Morgan fingerprint density at radius 2 is 1.46 bits per heavy atom. The molecule has 0 spiro atoms. The first-order valence-corrected chi connectivity index (χ1v) is 13.1. The third-order valence-corrected chi connectivity index (χ3v) is 8.10. The van der Waals surface area contributed by atoms with Crippen molar-refractivity contribution in [3.63, 3.8) is 0 Å². The van der Waals surface area contributed by atoms with Gasteiger partial charge in [0.05, 0.1) is 17.6 Å². The molecule has 7 rings (SSSR count). The van der Waals surface area contributed by atoms with Crippen molar-refractivity contribution in [1.29, 1.82) is 0 Å². The Labute approximate surface area is 219 Å². The number of amidine groups is 1. The minimum absolute atomic E-state index is 0.111. The van der Waals surface area contributed by atoms with Crippen LogP contribution in [0.15, 0.2) is 132 Å². The van der Waals surface area contributed by atoms with Crippen molar-refractivity contribution in [3.05, 3.63) is 138 Å². The summed E-state index contributed by atoms with van der Waals surface area (Å²) in [6.45, 7) is 0. The first kappa shape index (κ1) is 21.9. The zero-order chi connectivity index (χ0) is 24.7. The van der Waals surface area contributed by atoms with Gasteiger partial charge in [0.2, 0.25) is 0 Å². The third-order valence-electron chi connectivity index (χ3n) is 6.78. The van der Waals surface area contributed by atoms with E-state index in [9.17, 15) is 0 Å². The number of aromatic nitrogens is 3. The highest BCUT2D eigenvalue weighted by Gasteiger charge is 2.54. The minimum Gasteiger partial charge on any atom is -0.358 e. The van der Waals surface area contributed by atoms with Crippen LogP contribution in [0.3, 0.4) is 0 Å². The Morgan fingerprint density at radius 1 is 0.784 bits per heavy atom. The number of benzene rings is 4. The van der Waals surface area contributed by atoms with Crippen LogP contribution in [0.25, 0.3) is 5.69 Å². The van der Waals surface area contributed by atoms with Crippen molar-refractivity contribution in [2.75, 3.05) is 4.90 Å². The predicted octanol–water partition coefficient (Wildman–Crippen LogP) is 6.56. The van der Waals surface area contributed by atoms with Gasteiger partial charge in [-0.2, -0.15) is 9.90 Å². The number of nitrogens with zero attached hydrogens (tertiary/aromatic N) is 5. The van der Waals surface area contributed by atoms with Crippen LogP contribution in [-0.4, -0.2) is 20.8 Å². The standard InChI is InChI=1S/C30H23N5OS/c1-4-12-22(13-5-1)27-20-30(28-21-31-35(32-28)24-16-8-3-9-17-24)34(25-18-10-11-19-26(25)37-27)29(33-36-30)23-14-6-2-7-15-23/h1-19,21,27H,20H2. The fourth-order valence-electron chi connectivity index (χ4n) is 5.01. The number of para-hydroxylation sites is 2. The molecule has 1 aromatic heterocycles. The van der Waals surface area contributed by atoms with Crippen LogP contribution in [0, 0.1) is 0 Å². The second-order valence-corrected chi connectivity index (χ2v) is 10.3. The molecule has 3 heterocycles. The average molecular weight is 502 g/mol. The largest absolute Gasteiger partial charge is 0.358 e. The highest BCUT2D eigenvalue weighted by atomic mass is 32.2. The van der Waals surface area contributed by atoms with Crippen LogP contribution < -0.4 is 4.90 Å². The number of rotatable bonds is 4. The molecule has 6 nitrogen and oxygen atoms in total. The van der Waals surface area contributed by atoms with Crippen LogP contribution in [0.2, 0.25) is 0 Å². The van der Waals surface area contributed by atoms with E-state index in [-0.39, 0.29) is 5.25 Å². The van der Waals surface area contributed by atoms with E-state index in [0.717, 1.165) is 22.8 Å². The zero-order valence-corrected chi connectivity index (χ0v) is 20.7. The summed E-state index contributed by atoms with van der Waals surface area (Å²) in [6, 6.07) is 39.2. The normalized spacial score (nSPS) is 20.4. The molecular weight excluding hydrogens is 478 g/mol. The molecule has 0 bridgehead atoms. The Morgan fingerprint density at radius 3 is 2.24 bits per heavy atom. The molecule has 0 radical (unpaired) electrons. The molecule has 5 aromatic rings. The molecule has 180 valence electrons. The van der Waals surface area contributed by atoms with Gasteiger partial charge >= 0.3 is 0 Å². The van der Waals surface area contributed by atoms with E-state index in [1.165, 1.54) is 10.5 Å². The van der Waals surface area contributed by atoms with Crippen LogP contribution in [0.1, 0.15) is 28.5 Å². The number of oxime groups is 1. The van der Waals surface area contributed by atoms with Gasteiger partial charge in [0.1, 0.15) is 0 Å². The molecule has 0 saturated carbocycles. The van der Waals surface area contributed by atoms with Crippen LogP contribution >= 0.6 is 11.8 Å². The Balaban J connectivity index is 1.43. The summed E-state index contributed by atoms with van der Waals surface area (Å²) < 4.78 is 0. The molecule has 0 amide bonds. The van der Waals surface area contributed by atoms with Crippen molar-refractivity contribution in [2.45, 2.75) is 22.3 Å². The maximum absolute atomic E-state index is 6.52. The van der Waals surface area contributed by atoms with Gasteiger partial charge in [-0.25, -0.2) is 0 Å². The second kappa shape index (κ2) is 8.94. The van der Waals surface area contributed by atoms with Gasteiger partial charge in [0, 0.05) is 22.1 Å². The molecule has 2 aliphatic rings. The summed E-state index contributed by atoms with van der Waals surface area (Å²) in [5.41, 5.74) is 3.89. The lowest BCUT2D eigenvalue weighted by Crippen LogP contribution is -2.47. The van der Waals surface area contributed by atoms with Gasteiger partial charge in [-0.3, -0.25) is 4.90 Å². The highest BCUT2D eigenvalue weighted by molar-refractivity contribution is 7.99. The van der Waals surface area contributed by atoms with Gasteiger partial charge in [0.25, 0.3) is 5.72 Å². The maximum Gasteiger partial charge on any atom is 0.263 e. The SMILES string of the molecule is c1ccc(C2=NOC3(c4cnn(-c5ccccc5)n4)CC(c4ccccc4)Sc4ccccc4N23)cc1. The summed E-state index contributed by atoms with van der Waals surface area (Å²) in [7, 11) is 0. The minimum atomic E-state index is -0.974. The monoisotopic (exact) mass is 501 g/mol. The van der Waals surface area contributed by atoms with Crippen molar-refractivity contribution in [1.82, 2.24) is 15.0 Å². The van der Waals surface area contributed by atoms with Gasteiger partial charge in [-0.1, -0.05) is 96.2 Å². The number of fused-ring (bicyclic) bond motifs is 3. The quantitative estimate of drug-likeness (QED) is 0.279. The van der Waals surface area contributed by atoms with E-state index >= 15 is 0 Å². The van der Waals surface area contributed by atoms with Crippen molar-refractivity contribution < 1.29 is 4.84 Å². The molecule has 0 fully saturated rings. The third kappa shape index (κ3) is 3.70. The van der Waals surface area contributed by atoms with Gasteiger partial charge in [0.15, 0.2) is 11.5 Å². The molecule has 0 N–H and O–H groups in total. The predicted molar refractivity (Wildman–Crippen MR) is 146 cm³/mol. The lowest BCUT2D eigenvalue weighted by molar-refractivity contribution is -0.0318. The van der Waals surface area contributed by atoms with Crippen LogP contribution in [0.4, 0.5) is 5.69 Å². The lowest BCUT2D eigenvalue weighted by atomic mass is 9.96. The fraction of sp³-hybridized carbons (Fsp3) is 0.100. The molecule has 0 aliphatic carbocycles. The molecule has 2 atom stereocenters. The van der Waals surface area contributed by atoms with Gasteiger partial charge in [-0.15, -0.1) is 16.9 Å². The smallest absolute Gasteiger partial charge is 0.263 e. The van der Waals surface area contributed by atoms with Crippen LogP contribution in [0.5, 0.6) is 0 Å². The van der Waals surface area contributed by atoms with Crippen LogP contribution in [-0.2, 0) is 10.6 Å².